The number of nitrogens with one attached hydrogen (secondary N) is 1. The van der Waals surface area contributed by atoms with Crippen molar-refractivity contribution in [2.45, 2.75) is 13.3 Å². The van der Waals surface area contributed by atoms with Crippen LogP contribution in [0.1, 0.15) is 12.5 Å². The van der Waals surface area contributed by atoms with Gasteiger partial charge in [-0.1, -0.05) is 31.2 Å². The summed E-state index contributed by atoms with van der Waals surface area (Å²) in [6, 6.07) is 8.38. The van der Waals surface area contributed by atoms with Crippen molar-refractivity contribution >= 4 is 16.7 Å². The minimum atomic E-state index is 0.798. The standard InChI is InChI=1S/C11H13N3S/c1-3-8-4-6-9(7-5-8)10-13-11(12-2)15-14-10/h4-7H,3H2,1-2H3,(H,12,13,14). The van der Waals surface area contributed by atoms with E-state index in [1.807, 2.05) is 7.05 Å². The lowest BCUT2D eigenvalue weighted by molar-refractivity contribution is 1.14. The smallest absolute Gasteiger partial charge is 0.202 e. The third-order valence-electron chi connectivity index (χ3n) is 2.26. The predicted octanol–water partition coefficient (Wildman–Crippen LogP) is 2.81. The Kier molecular flexibility index (Phi) is 2.97. The monoisotopic (exact) mass is 219 g/mol. The Hall–Kier alpha value is -1.42. The predicted molar refractivity (Wildman–Crippen MR) is 64.3 cm³/mol. The Labute approximate surface area is 93.4 Å². The molecular formula is C11H13N3S. The van der Waals surface area contributed by atoms with Crippen molar-refractivity contribution in [2.75, 3.05) is 12.4 Å². The van der Waals surface area contributed by atoms with Crippen LogP contribution in [-0.2, 0) is 6.42 Å². The van der Waals surface area contributed by atoms with Crippen LogP contribution >= 0.6 is 11.5 Å². The molecule has 0 spiro atoms. The van der Waals surface area contributed by atoms with E-state index in [2.05, 4.69) is 45.9 Å². The van der Waals surface area contributed by atoms with E-state index >= 15 is 0 Å². The highest BCUT2D eigenvalue weighted by molar-refractivity contribution is 7.09. The van der Waals surface area contributed by atoms with Crippen LogP contribution in [0.5, 0.6) is 0 Å². The third kappa shape index (κ3) is 2.15. The molecule has 15 heavy (non-hydrogen) atoms. The minimum absolute atomic E-state index is 0.798. The van der Waals surface area contributed by atoms with Gasteiger partial charge in [0, 0.05) is 24.1 Å². The fourth-order valence-electron chi connectivity index (χ4n) is 1.33. The average molecular weight is 219 g/mol. The van der Waals surface area contributed by atoms with Crippen molar-refractivity contribution in [3.05, 3.63) is 29.8 Å². The molecule has 1 aromatic heterocycles. The number of benzene rings is 1. The lowest BCUT2D eigenvalue weighted by atomic mass is 10.1. The number of hydrogen-bond acceptors (Lipinski definition) is 4. The van der Waals surface area contributed by atoms with Gasteiger partial charge in [-0.3, -0.25) is 0 Å². The third-order valence-corrected chi connectivity index (χ3v) is 2.99. The van der Waals surface area contributed by atoms with Crippen LogP contribution in [0.3, 0.4) is 0 Å². The van der Waals surface area contributed by atoms with Gasteiger partial charge < -0.3 is 5.32 Å². The van der Waals surface area contributed by atoms with Crippen molar-refractivity contribution in [1.82, 2.24) is 9.36 Å². The molecule has 0 aliphatic rings. The number of anilines is 1. The van der Waals surface area contributed by atoms with Gasteiger partial charge in [-0.2, -0.15) is 9.36 Å². The zero-order valence-electron chi connectivity index (χ0n) is 8.82. The van der Waals surface area contributed by atoms with Crippen LogP contribution in [-0.4, -0.2) is 16.4 Å². The molecule has 0 amide bonds. The number of rotatable bonds is 3. The molecule has 0 fully saturated rings. The van der Waals surface area contributed by atoms with E-state index in [-0.39, 0.29) is 0 Å². The molecule has 0 atom stereocenters. The van der Waals surface area contributed by atoms with Gasteiger partial charge in [0.2, 0.25) is 5.13 Å². The van der Waals surface area contributed by atoms with Crippen molar-refractivity contribution in [3.8, 4) is 11.4 Å². The Morgan fingerprint density at radius 1 is 1.27 bits per heavy atom. The van der Waals surface area contributed by atoms with Crippen molar-refractivity contribution < 1.29 is 0 Å². The van der Waals surface area contributed by atoms with Gasteiger partial charge in [-0.15, -0.1) is 0 Å². The molecule has 4 heteroatoms. The summed E-state index contributed by atoms with van der Waals surface area (Å²) in [5.41, 5.74) is 2.41. The van der Waals surface area contributed by atoms with Gasteiger partial charge in [-0.25, -0.2) is 0 Å². The second-order valence-electron chi connectivity index (χ2n) is 3.22. The summed E-state index contributed by atoms with van der Waals surface area (Å²) in [7, 11) is 1.85. The summed E-state index contributed by atoms with van der Waals surface area (Å²) in [5, 5.41) is 3.84. The van der Waals surface area contributed by atoms with Gasteiger partial charge in [0.05, 0.1) is 0 Å². The summed E-state index contributed by atoms with van der Waals surface area (Å²) in [4.78, 5) is 4.35. The van der Waals surface area contributed by atoms with Gasteiger partial charge in [0.1, 0.15) is 0 Å². The molecule has 0 unspecified atom stereocenters. The minimum Gasteiger partial charge on any atom is -0.363 e. The Balaban J connectivity index is 2.28. The number of hydrogen-bond donors (Lipinski definition) is 1. The lowest BCUT2D eigenvalue weighted by Gasteiger charge is -1.97. The van der Waals surface area contributed by atoms with E-state index in [0.29, 0.717) is 0 Å². The van der Waals surface area contributed by atoms with Crippen LogP contribution in [0.25, 0.3) is 11.4 Å². The first-order valence-electron chi connectivity index (χ1n) is 4.94. The van der Waals surface area contributed by atoms with Gasteiger partial charge in [-0.05, 0) is 12.0 Å². The van der Waals surface area contributed by atoms with Gasteiger partial charge in [0.15, 0.2) is 5.82 Å². The van der Waals surface area contributed by atoms with E-state index in [1.54, 1.807) is 0 Å². The molecule has 0 saturated carbocycles. The Morgan fingerprint density at radius 3 is 2.53 bits per heavy atom. The first-order valence-corrected chi connectivity index (χ1v) is 5.71. The fraction of sp³-hybridized carbons (Fsp3) is 0.273. The van der Waals surface area contributed by atoms with Gasteiger partial charge >= 0.3 is 0 Å². The highest BCUT2D eigenvalue weighted by Gasteiger charge is 2.04. The zero-order chi connectivity index (χ0) is 10.7. The molecule has 3 nitrogen and oxygen atoms in total. The molecule has 0 saturated heterocycles. The normalized spacial score (nSPS) is 10.3. The quantitative estimate of drug-likeness (QED) is 0.862. The van der Waals surface area contributed by atoms with E-state index in [0.717, 1.165) is 22.9 Å². The lowest BCUT2D eigenvalue weighted by Crippen LogP contribution is -1.86. The van der Waals surface area contributed by atoms with Gasteiger partial charge in [0.25, 0.3) is 0 Å². The van der Waals surface area contributed by atoms with Crippen LogP contribution in [0.2, 0.25) is 0 Å². The maximum Gasteiger partial charge on any atom is 0.202 e. The van der Waals surface area contributed by atoms with Crippen molar-refractivity contribution in [2.24, 2.45) is 0 Å². The van der Waals surface area contributed by atoms with Crippen LogP contribution in [0, 0.1) is 0 Å². The van der Waals surface area contributed by atoms with E-state index < -0.39 is 0 Å². The largest absolute Gasteiger partial charge is 0.363 e. The van der Waals surface area contributed by atoms with E-state index in [4.69, 9.17) is 0 Å². The molecule has 2 aromatic rings. The van der Waals surface area contributed by atoms with E-state index in [9.17, 15) is 0 Å². The first-order chi connectivity index (χ1) is 7.33. The molecule has 1 aromatic carbocycles. The molecular weight excluding hydrogens is 206 g/mol. The summed E-state index contributed by atoms with van der Waals surface area (Å²) in [5.74, 6) is 0.798. The van der Waals surface area contributed by atoms with Crippen molar-refractivity contribution in [1.29, 1.82) is 0 Å². The molecule has 0 aliphatic heterocycles. The number of aromatic nitrogens is 2. The molecule has 0 bridgehead atoms. The maximum absolute atomic E-state index is 4.35. The highest BCUT2D eigenvalue weighted by atomic mass is 32.1. The molecule has 1 heterocycles. The molecule has 0 aliphatic carbocycles. The Morgan fingerprint density at radius 2 is 2.00 bits per heavy atom. The summed E-state index contributed by atoms with van der Waals surface area (Å²) < 4.78 is 4.28. The van der Waals surface area contributed by atoms with Crippen LogP contribution in [0.15, 0.2) is 24.3 Å². The zero-order valence-corrected chi connectivity index (χ0v) is 9.64. The molecule has 0 radical (unpaired) electrons. The fourth-order valence-corrected chi connectivity index (χ4v) is 1.87. The molecule has 78 valence electrons. The Bertz CT molecular complexity index is 433. The van der Waals surface area contributed by atoms with E-state index in [1.165, 1.54) is 17.1 Å². The first kappa shape index (κ1) is 10.1. The van der Waals surface area contributed by atoms with Crippen molar-refractivity contribution in [3.63, 3.8) is 0 Å². The SMILES string of the molecule is CCc1ccc(-c2nsc(NC)n2)cc1. The molecule has 2 rings (SSSR count). The summed E-state index contributed by atoms with van der Waals surface area (Å²) in [6.07, 6.45) is 1.06. The molecule has 1 N–H and O–H groups in total. The maximum atomic E-state index is 4.35. The summed E-state index contributed by atoms with van der Waals surface area (Å²) >= 11 is 1.38. The average Bonchev–Trinajstić information content (AvgIpc) is 2.78. The number of aryl methyl sites for hydroxylation is 1. The topological polar surface area (TPSA) is 37.8 Å². The highest BCUT2D eigenvalue weighted by Crippen LogP contribution is 2.21. The van der Waals surface area contributed by atoms with Crippen LogP contribution in [0.4, 0.5) is 5.13 Å². The second-order valence-corrected chi connectivity index (χ2v) is 3.98. The second kappa shape index (κ2) is 4.40. The summed E-state index contributed by atoms with van der Waals surface area (Å²) in [6.45, 7) is 2.15. The number of nitrogens with zero attached hydrogens (tertiary/aromatic N) is 2. The van der Waals surface area contributed by atoms with Crippen LogP contribution < -0.4 is 5.32 Å².